The summed E-state index contributed by atoms with van der Waals surface area (Å²) in [4.78, 5) is 13.1. The smallest absolute Gasteiger partial charge is 0.340 e. The Balaban J connectivity index is 1.86. The predicted octanol–water partition coefficient (Wildman–Crippen LogP) is 6.14. The number of cyclic esters (lactones) is 1. The van der Waals surface area contributed by atoms with Crippen LogP contribution in [0.1, 0.15) is 27.0 Å². The van der Waals surface area contributed by atoms with Gasteiger partial charge in [0.2, 0.25) is 0 Å². The summed E-state index contributed by atoms with van der Waals surface area (Å²) in [6, 6.07) is 22.1. The van der Waals surface area contributed by atoms with Crippen LogP contribution < -0.4 is 0 Å². The van der Waals surface area contributed by atoms with E-state index in [0.717, 1.165) is 12.1 Å². The molecule has 6 heteroatoms. The van der Waals surface area contributed by atoms with Crippen LogP contribution in [0.25, 0.3) is 21.5 Å². The standard InChI is InChI=1S/C28H16F2O4/c29-23-13-21(15-7-1-3-9-17(15)25(23)31)28(20-12-6-5-11-19(20)27(33)34-28)22-14-24(30)26(32)18-10-4-2-8-16(18)22/h1-14,31-32H. The number of aromatic hydroxyl groups is 2. The first kappa shape index (κ1) is 20.2. The quantitative estimate of drug-likeness (QED) is 0.314. The predicted molar refractivity (Wildman–Crippen MR) is 123 cm³/mol. The van der Waals surface area contributed by atoms with Crippen LogP contribution >= 0.6 is 0 Å². The van der Waals surface area contributed by atoms with Crippen molar-refractivity contribution in [2.45, 2.75) is 5.60 Å². The summed E-state index contributed by atoms with van der Waals surface area (Å²) in [5.41, 5.74) is -0.613. The molecule has 0 spiro atoms. The largest absolute Gasteiger partial charge is 0.504 e. The lowest BCUT2D eigenvalue weighted by atomic mass is 9.76. The van der Waals surface area contributed by atoms with E-state index in [9.17, 15) is 15.0 Å². The summed E-state index contributed by atoms with van der Waals surface area (Å²) in [6.07, 6.45) is 0. The van der Waals surface area contributed by atoms with Crippen LogP contribution in [0.4, 0.5) is 8.78 Å². The van der Waals surface area contributed by atoms with Crippen LogP contribution in [-0.4, -0.2) is 16.2 Å². The van der Waals surface area contributed by atoms with E-state index in [2.05, 4.69) is 0 Å². The molecule has 0 bridgehead atoms. The van der Waals surface area contributed by atoms with Gasteiger partial charge in [-0.05, 0) is 29.0 Å². The molecule has 0 saturated carbocycles. The molecule has 0 amide bonds. The van der Waals surface area contributed by atoms with E-state index in [1.165, 1.54) is 0 Å². The van der Waals surface area contributed by atoms with Crippen LogP contribution in [0.3, 0.4) is 0 Å². The molecular weight excluding hydrogens is 438 g/mol. The second-order valence-corrected chi connectivity index (χ2v) is 8.22. The van der Waals surface area contributed by atoms with Gasteiger partial charge in [-0.2, -0.15) is 0 Å². The van der Waals surface area contributed by atoms with Crippen molar-refractivity contribution in [3.05, 3.63) is 119 Å². The van der Waals surface area contributed by atoms with Gasteiger partial charge < -0.3 is 14.9 Å². The topological polar surface area (TPSA) is 66.8 Å². The second kappa shape index (κ2) is 7.02. The zero-order valence-electron chi connectivity index (χ0n) is 17.5. The van der Waals surface area contributed by atoms with E-state index >= 15 is 8.78 Å². The number of carbonyl (C=O) groups excluding carboxylic acids is 1. The Morgan fingerprint density at radius 3 is 1.59 bits per heavy atom. The molecule has 0 saturated heterocycles. The summed E-state index contributed by atoms with van der Waals surface area (Å²) in [5, 5.41) is 22.1. The van der Waals surface area contributed by atoms with E-state index in [4.69, 9.17) is 4.74 Å². The Hall–Kier alpha value is -4.45. The number of halogens is 2. The van der Waals surface area contributed by atoms with E-state index in [0.29, 0.717) is 16.3 Å². The van der Waals surface area contributed by atoms with Crippen LogP contribution in [0.5, 0.6) is 11.5 Å². The zero-order valence-corrected chi connectivity index (χ0v) is 17.5. The van der Waals surface area contributed by atoms with Crippen molar-refractivity contribution in [2.75, 3.05) is 0 Å². The van der Waals surface area contributed by atoms with E-state index in [1.54, 1.807) is 72.8 Å². The van der Waals surface area contributed by atoms with Gasteiger partial charge in [0.05, 0.1) is 5.56 Å². The third-order valence-corrected chi connectivity index (χ3v) is 6.47. The number of ether oxygens (including phenoxy) is 1. The van der Waals surface area contributed by atoms with Gasteiger partial charge in [-0.1, -0.05) is 66.7 Å². The minimum atomic E-state index is -1.74. The highest BCUT2D eigenvalue weighted by atomic mass is 19.1. The number of rotatable bonds is 2. The fraction of sp³-hybridized carbons (Fsp3) is 0.0357. The molecule has 0 fully saturated rings. The lowest BCUT2D eigenvalue weighted by Gasteiger charge is -2.33. The maximum atomic E-state index is 15.1. The highest BCUT2D eigenvalue weighted by Gasteiger charge is 2.50. The normalized spacial score (nSPS) is 14.4. The van der Waals surface area contributed by atoms with Gasteiger partial charge in [-0.25, -0.2) is 13.6 Å². The molecule has 4 nitrogen and oxygen atoms in total. The maximum Gasteiger partial charge on any atom is 0.340 e. The Morgan fingerprint density at radius 1 is 0.618 bits per heavy atom. The maximum absolute atomic E-state index is 15.1. The number of fused-ring (bicyclic) bond motifs is 3. The van der Waals surface area contributed by atoms with Crippen molar-refractivity contribution in [1.29, 1.82) is 0 Å². The molecule has 0 aliphatic carbocycles. The van der Waals surface area contributed by atoms with Gasteiger partial charge in [0, 0.05) is 27.5 Å². The monoisotopic (exact) mass is 454 g/mol. The lowest BCUT2D eigenvalue weighted by molar-refractivity contribution is 0.0258. The summed E-state index contributed by atoms with van der Waals surface area (Å²) in [7, 11) is 0. The number of hydrogen-bond donors (Lipinski definition) is 2. The lowest BCUT2D eigenvalue weighted by Crippen LogP contribution is -2.30. The number of carbonyl (C=O) groups is 1. The fourth-order valence-corrected chi connectivity index (χ4v) is 5.00. The first-order valence-corrected chi connectivity index (χ1v) is 10.6. The summed E-state index contributed by atoms with van der Waals surface area (Å²) >= 11 is 0. The van der Waals surface area contributed by atoms with Crippen molar-refractivity contribution in [2.24, 2.45) is 0 Å². The molecule has 166 valence electrons. The second-order valence-electron chi connectivity index (χ2n) is 8.22. The third kappa shape index (κ3) is 2.53. The summed E-state index contributed by atoms with van der Waals surface area (Å²) in [6.45, 7) is 0. The van der Waals surface area contributed by atoms with E-state index in [-0.39, 0.29) is 27.5 Å². The van der Waals surface area contributed by atoms with Crippen molar-refractivity contribution in [3.8, 4) is 11.5 Å². The van der Waals surface area contributed by atoms with Crippen molar-refractivity contribution >= 4 is 27.5 Å². The Kier molecular flexibility index (Phi) is 4.17. The third-order valence-electron chi connectivity index (χ3n) is 6.47. The minimum absolute atomic E-state index is 0.223. The van der Waals surface area contributed by atoms with Gasteiger partial charge in [0.1, 0.15) is 0 Å². The summed E-state index contributed by atoms with van der Waals surface area (Å²) in [5.74, 6) is -3.53. The molecule has 0 aromatic heterocycles. The first-order chi connectivity index (χ1) is 16.4. The summed E-state index contributed by atoms with van der Waals surface area (Å²) < 4.78 is 36.2. The highest BCUT2D eigenvalue weighted by molar-refractivity contribution is 6.02. The zero-order chi connectivity index (χ0) is 23.6. The average molecular weight is 454 g/mol. The van der Waals surface area contributed by atoms with Crippen molar-refractivity contribution < 1.29 is 28.5 Å². The van der Waals surface area contributed by atoms with Crippen molar-refractivity contribution in [1.82, 2.24) is 0 Å². The van der Waals surface area contributed by atoms with Crippen LogP contribution in [0.2, 0.25) is 0 Å². The van der Waals surface area contributed by atoms with Crippen LogP contribution in [0.15, 0.2) is 84.9 Å². The van der Waals surface area contributed by atoms with Gasteiger partial charge >= 0.3 is 5.97 Å². The molecule has 1 heterocycles. The van der Waals surface area contributed by atoms with Gasteiger partial charge in [-0.15, -0.1) is 0 Å². The molecule has 0 atom stereocenters. The molecule has 5 aromatic carbocycles. The number of phenols is 2. The van der Waals surface area contributed by atoms with Gasteiger partial charge in [0.25, 0.3) is 0 Å². The number of phenolic OH excluding ortho intramolecular Hbond substituents is 2. The fourth-order valence-electron chi connectivity index (χ4n) is 5.00. The molecule has 1 aliphatic rings. The van der Waals surface area contributed by atoms with Crippen LogP contribution in [-0.2, 0) is 10.3 Å². The minimum Gasteiger partial charge on any atom is -0.504 e. The van der Waals surface area contributed by atoms with Crippen molar-refractivity contribution in [3.63, 3.8) is 0 Å². The number of benzene rings is 5. The van der Waals surface area contributed by atoms with Gasteiger partial charge in [0.15, 0.2) is 28.7 Å². The molecule has 6 rings (SSSR count). The molecule has 2 N–H and O–H groups in total. The van der Waals surface area contributed by atoms with Gasteiger partial charge in [-0.3, -0.25) is 0 Å². The first-order valence-electron chi connectivity index (χ1n) is 10.6. The Bertz CT molecular complexity index is 1570. The van der Waals surface area contributed by atoms with E-state index in [1.807, 2.05) is 0 Å². The SMILES string of the molecule is O=C1OC(c2cc(F)c(O)c3ccccc23)(c2cc(F)c(O)c3ccccc23)c2ccccc21. The average Bonchev–Trinajstić information content (AvgIpc) is 3.17. The Labute approximate surface area is 192 Å². The highest BCUT2D eigenvalue weighted by Crippen LogP contribution is 2.52. The Morgan fingerprint density at radius 2 is 1.06 bits per heavy atom. The number of esters is 1. The molecule has 1 aliphatic heterocycles. The molecule has 0 unspecified atom stereocenters. The number of hydrogen-bond acceptors (Lipinski definition) is 4. The molecule has 5 aromatic rings. The van der Waals surface area contributed by atoms with E-state index < -0.39 is 34.7 Å². The molecule has 0 radical (unpaired) electrons. The van der Waals surface area contributed by atoms with Crippen LogP contribution in [0, 0.1) is 11.6 Å². The molecular formula is C28H16F2O4. The molecule has 34 heavy (non-hydrogen) atoms.